The van der Waals surface area contributed by atoms with Crippen molar-refractivity contribution in [1.82, 2.24) is 24.6 Å². The number of aromatic nitrogens is 4. The molecule has 1 aliphatic heterocycles. The Labute approximate surface area is 148 Å². The summed E-state index contributed by atoms with van der Waals surface area (Å²) in [6, 6.07) is 0. The molecular formula is C17H27ClN6. The van der Waals surface area contributed by atoms with Crippen molar-refractivity contribution in [3.8, 4) is 0 Å². The number of anilines is 1. The molecule has 2 N–H and O–H groups in total. The lowest BCUT2D eigenvalue weighted by Gasteiger charge is -2.13. The van der Waals surface area contributed by atoms with Crippen LogP contribution in [0.1, 0.15) is 51.4 Å². The second-order valence-corrected chi connectivity index (χ2v) is 6.99. The second kappa shape index (κ2) is 8.62. The number of fused-ring (bicyclic) bond motifs is 1. The number of unbranched alkanes of at least 4 members (excludes halogenated alkanes) is 5. The molecule has 1 fully saturated rings. The molecule has 0 radical (unpaired) electrons. The number of likely N-dealkylation sites (tertiary alicyclic amines) is 1. The molecule has 3 heterocycles. The van der Waals surface area contributed by atoms with Crippen LogP contribution in [0.15, 0.2) is 6.20 Å². The van der Waals surface area contributed by atoms with E-state index in [4.69, 9.17) is 17.3 Å². The minimum absolute atomic E-state index is 0.180. The molecule has 2 aromatic rings. The number of nitrogens with two attached hydrogens (primary N) is 1. The zero-order chi connectivity index (χ0) is 16.8. The molecular weight excluding hydrogens is 324 g/mol. The van der Waals surface area contributed by atoms with Crippen LogP contribution < -0.4 is 5.73 Å². The van der Waals surface area contributed by atoms with E-state index in [9.17, 15) is 0 Å². The normalized spacial score (nSPS) is 15.5. The molecule has 0 amide bonds. The molecule has 7 heteroatoms. The van der Waals surface area contributed by atoms with Gasteiger partial charge in [-0.1, -0.05) is 25.7 Å². The molecule has 1 saturated heterocycles. The molecule has 2 aromatic heterocycles. The molecule has 3 rings (SSSR count). The fourth-order valence-electron chi connectivity index (χ4n) is 3.42. The second-order valence-electron chi connectivity index (χ2n) is 6.65. The lowest BCUT2D eigenvalue weighted by molar-refractivity contribution is 0.327. The summed E-state index contributed by atoms with van der Waals surface area (Å²) in [4.78, 5) is 10.8. The fraction of sp³-hybridized carbons (Fsp3) is 0.706. The van der Waals surface area contributed by atoms with Gasteiger partial charge in [0.15, 0.2) is 5.65 Å². The summed E-state index contributed by atoms with van der Waals surface area (Å²) in [5.41, 5.74) is 6.58. The quantitative estimate of drug-likeness (QED) is 0.553. The maximum absolute atomic E-state index is 5.89. The Hall–Kier alpha value is -1.40. The first-order chi connectivity index (χ1) is 11.7. The van der Waals surface area contributed by atoms with Crippen molar-refractivity contribution < 1.29 is 0 Å². The van der Waals surface area contributed by atoms with E-state index in [1.54, 1.807) is 6.20 Å². The number of nitrogen functional groups attached to an aromatic ring is 1. The molecule has 0 unspecified atom stereocenters. The molecule has 0 spiro atoms. The van der Waals surface area contributed by atoms with Crippen LogP contribution in [0, 0.1) is 0 Å². The topological polar surface area (TPSA) is 72.9 Å². The van der Waals surface area contributed by atoms with Crippen LogP contribution in [0.5, 0.6) is 0 Å². The van der Waals surface area contributed by atoms with E-state index in [1.807, 2.05) is 4.68 Å². The predicted octanol–water partition coefficient (Wildman–Crippen LogP) is 3.50. The van der Waals surface area contributed by atoms with Crippen molar-refractivity contribution in [1.29, 1.82) is 0 Å². The van der Waals surface area contributed by atoms with Crippen LogP contribution in [-0.4, -0.2) is 44.3 Å². The average molecular weight is 351 g/mol. The average Bonchev–Trinajstić information content (AvgIpc) is 3.20. The van der Waals surface area contributed by atoms with Gasteiger partial charge in [0.1, 0.15) is 5.82 Å². The van der Waals surface area contributed by atoms with Crippen LogP contribution in [-0.2, 0) is 6.54 Å². The van der Waals surface area contributed by atoms with Crippen LogP contribution in [0.25, 0.3) is 11.0 Å². The fourth-order valence-corrected chi connectivity index (χ4v) is 3.59. The van der Waals surface area contributed by atoms with Crippen LogP contribution in [0.3, 0.4) is 0 Å². The molecule has 0 aromatic carbocycles. The first-order valence-electron chi connectivity index (χ1n) is 9.11. The summed E-state index contributed by atoms with van der Waals surface area (Å²) in [6.45, 7) is 4.77. The summed E-state index contributed by atoms with van der Waals surface area (Å²) < 4.78 is 1.88. The number of rotatable bonds is 9. The predicted molar refractivity (Wildman–Crippen MR) is 98.1 cm³/mol. The molecule has 1 aliphatic rings. The SMILES string of the molecule is Nc1nc(Cl)nc2c1cnn2CCCCCCCCN1CCCC1. The minimum atomic E-state index is 0.180. The molecule has 0 atom stereocenters. The van der Waals surface area contributed by atoms with Crippen molar-refractivity contribution >= 4 is 28.5 Å². The zero-order valence-electron chi connectivity index (χ0n) is 14.3. The maximum Gasteiger partial charge on any atom is 0.226 e. The Morgan fingerprint density at radius 2 is 1.62 bits per heavy atom. The number of nitrogens with zero attached hydrogens (tertiary/aromatic N) is 5. The van der Waals surface area contributed by atoms with E-state index in [-0.39, 0.29) is 5.28 Å². The van der Waals surface area contributed by atoms with Gasteiger partial charge < -0.3 is 10.6 Å². The van der Waals surface area contributed by atoms with Crippen molar-refractivity contribution in [2.24, 2.45) is 0 Å². The smallest absolute Gasteiger partial charge is 0.226 e. The van der Waals surface area contributed by atoms with E-state index in [0.717, 1.165) is 24.0 Å². The summed E-state index contributed by atoms with van der Waals surface area (Å²) in [6.07, 6.45) is 12.1. The largest absolute Gasteiger partial charge is 0.383 e. The van der Waals surface area contributed by atoms with Gasteiger partial charge in [-0.2, -0.15) is 10.1 Å². The first-order valence-corrected chi connectivity index (χ1v) is 9.49. The monoisotopic (exact) mass is 350 g/mol. The van der Waals surface area contributed by atoms with Gasteiger partial charge in [0, 0.05) is 6.54 Å². The lowest BCUT2D eigenvalue weighted by atomic mass is 10.1. The highest BCUT2D eigenvalue weighted by molar-refractivity contribution is 6.28. The lowest BCUT2D eigenvalue weighted by Crippen LogP contribution is -2.20. The highest BCUT2D eigenvalue weighted by Gasteiger charge is 2.11. The van der Waals surface area contributed by atoms with Gasteiger partial charge in [0.05, 0.1) is 11.6 Å². The van der Waals surface area contributed by atoms with Gasteiger partial charge in [-0.25, -0.2) is 9.67 Å². The van der Waals surface area contributed by atoms with E-state index in [2.05, 4.69) is 20.0 Å². The molecule has 132 valence electrons. The first kappa shape index (κ1) is 17.4. The Bertz CT molecular complexity index is 650. The summed E-state index contributed by atoms with van der Waals surface area (Å²) >= 11 is 5.89. The Morgan fingerprint density at radius 3 is 2.38 bits per heavy atom. The van der Waals surface area contributed by atoms with Crippen LogP contribution in [0.4, 0.5) is 5.82 Å². The third-order valence-electron chi connectivity index (χ3n) is 4.79. The molecule has 24 heavy (non-hydrogen) atoms. The number of aryl methyl sites for hydroxylation is 1. The van der Waals surface area contributed by atoms with E-state index in [1.165, 1.54) is 64.6 Å². The van der Waals surface area contributed by atoms with Crippen LogP contribution in [0.2, 0.25) is 5.28 Å². The maximum atomic E-state index is 5.89. The van der Waals surface area contributed by atoms with E-state index >= 15 is 0 Å². The minimum Gasteiger partial charge on any atom is -0.383 e. The third kappa shape index (κ3) is 4.57. The molecule has 0 aliphatic carbocycles. The van der Waals surface area contributed by atoms with Gasteiger partial charge in [0.25, 0.3) is 0 Å². The third-order valence-corrected chi connectivity index (χ3v) is 4.96. The standard InChI is InChI=1S/C17H27ClN6/c18-17-21-15(19)14-13-20-24(16(14)22-17)12-6-4-2-1-3-5-9-23-10-7-8-11-23/h13H,1-12H2,(H2,19,21,22). The number of hydrogen-bond donors (Lipinski definition) is 1. The van der Waals surface area contributed by atoms with Crippen molar-refractivity contribution in [2.75, 3.05) is 25.4 Å². The Balaban J connectivity index is 1.32. The highest BCUT2D eigenvalue weighted by Crippen LogP contribution is 2.19. The van der Waals surface area contributed by atoms with Gasteiger partial charge in [-0.3, -0.25) is 0 Å². The molecule has 0 saturated carbocycles. The van der Waals surface area contributed by atoms with Crippen molar-refractivity contribution in [3.05, 3.63) is 11.5 Å². The van der Waals surface area contributed by atoms with E-state index < -0.39 is 0 Å². The summed E-state index contributed by atoms with van der Waals surface area (Å²) in [5, 5.41) is 5.32. The Kier molecular flexibility index (Phi) is 6.26. The summed E-state index contributed by atoms with van der Waals surface area (Å²) in [7, 11) is 0. The summed E-state index contributed by atoms with van der Waals surface area (Å²) in [5.74, 6) is 0.397. The number of halogens is 1. The Morgan fingerprint density at radius 1 is 0.958 bits per heavy atom. The highest BCUT2D eigenvalue weighted by atomic mass is 35.5. The van der Waals surface area contributed by atoms with Crippen molar-refractivity contribution in [2.45, 2.75) is 57.9 Å². The van der Waals surface area contributed by atoms with Gasteiger partial charge in [0.2, 0.25) is 5.28 Å². The van der Waals surface area contributed by atoms with E-state index in [0.29, 0.717) is 5.82 Å². The zero-order valence-corrected chi connectivity index (χ0v) is 15.0. The van der Waals surface area contributed by atoms with Crippen molar-refractivity contribution in [3.63, 3.8) is 0 Å². The molecule has 6 nitrogen and oxygen atoms in total. The van der Waals surface area contributed by atoms with Crippen LogP contribution >= 0.6 is 11.6 Å². The number of hydrogen-bond acceptors (Lipinski definition) is 5. The molecule has 0 bridgehead atoms. The van der Waals surface area contributed by atoms with Gasteiger partial charge in [-0.15, -0.1) is 0 Å². The van der Waals surface area contributed by atoms with Gasteiger partial charge >= 0.3 is 0 Å². The van der Waals surface area contributed by atoms with Gasteiger partial charge in [-0.05, 0) is 56.9 Å².